The van der Waals surface area contributed by atoms with E-state index in [2.05, 4.69) is 13.8 Å². The Kier molecular flexibility index (Phi) is 3.64. The van der Waals surface area contributed by atoms with Crippen LogP contribution in [0.1, 0.15) is 46.1 Å². The zero-order valence-corrected chi connectivity index (χ0v) is 13.8. The van der Waals surface area contributed by atoms with Crippen molar-refractivity contribution in [1.82, 2.24) is 0 Å². The summed E-state index contributed by atoms with van der Waals surface area (Å²) in [5.74, 6) is 1.11. The number of carbonyl (C=O) groups excluding carboxylic acids is 1. The zero-order chi connectivity index (χ0) is 16.0. The van der Waals surface area contributed by atoms with Crippen molar-refractivity contribution < 1.29 is 14.3 Å². The predicted octanol–water partition coefficient (Wildman–Crippen LogP) is 4.02. The van der Waals surface area contributed by atoms with Crippen LogP contribution in [0.3, 0.4) is 0 Å². The molecule has 0 N–H and O–H groups in total. The highest BCUT2D eigenvalue weighted by Crippen LogP contribution is 2.50. The van der Waals surface area contributed by atoms with Gasteiger partial charge in [0.05, 0.1) is 12.2 Å². The molecular weight excluding hydrogens is 276 g/mol. The van der Waals surface area contributed by atoms with Crippen LogP contribution in [0.5, 0.6) is 5.75 Å². The Morgan fingerprint density at radius 3 is 2.73 bits per heavy atom. The highest BCUT2D eigenvalue weighted by Gasteiger charge is 2.56. The molecule has 3 heteroatoms. The quantitative estimate of drug-likeness (QED) is 0.791. The van der Waals surface area contributed by atoms with E-state index < -0.39 is 5.60 Å². The molecule has 2 unspecified atom stereocenters. The lowest BCUT2D eigenvalue weighted by Gasteiger charge is -2.53. The molecule has 22 heavy (non-hydrogen) atoms. The van der Waals surface area contributed by atoms with Gasteiger partial charge in [-0.25, -0.2) is 0 Å². The number of para-hydroxylation sites is 1. The molecule has 0 radical (unpaired) electrons. The van der Waals surface area contributed by atoms with Gasteiger partial charge in [0.1, 0.15) is 11.4 Å². The van der Waals surface area contributed by atoms with Crippen molar-refractivity contribution in [1.29, 1.82) is 0 Å². The summed E-state index contributed by atoms with van der Waals surface area (Å²) in [6.07, 6.45) is 3.82. The molecule has 118 valence electrons. The van der Waals surface area contributed by atoms with Gasteiger partial charge in [-0.3, -0.25) is 4.79 Å². The maximum Gasteiger partial charge on any atom is 0.190 e. The van der Waals surface area contributed by atoms with Crippen LogP contribution in [0.25, 0.3) is 6.08 Å². The topological polar surface area (TPSA) is 35.5 Å². The molecule has 1 aromatic carbocycles. The minimum absolute atomic E-state index is 0.134. The first-order valence-corrected chi connectivity index (χ1v) is 8.06. The summed E-state index contributed by atoms with van der Waals surface area (Å²) in [5, 5.41) is 0. The SMILES string of the molecule is CCOc1ccccc1/C=C1/C(=O)C2(C)CCC1C(C)(C)O2. The van der Waals surface area contributed by atoms with E-state index in [0.29, 0.717) is 6.61 Å². The minimum atomic E-state index is -0.676. The second-order valence-corrected chi connectivity index (χ2v) is 6.93. The van der Waals surface area contributed by atoms with E-state index in [0.717, 1.165) is 29.7 Å². The van der Waals surface area contributed by atoms with E-state index in [9.17, 15) is 4.79 Å². The average Bonchev–Trinajstić information content (AvgIpc) is 2.44. The smallest absolute Gasteiger partial charge is 0.190 e. The summed E-state index contributed by atoms with van der Waals surface area (Å²) in [4.78, 5) is 12.8. The normalized spacial score (nSPS) is 31.5. The van der Waals surface area contributed by atoms with E-state index in [1.807, 2.05) is 44.2 Å². The number of hydrogen-bond acceptors (Lipinski definition) is 3. The lowest BCUT2D eigenvalue weighted by atomic mass is 9.65. The molecule has 3 aliphatic rings. The lowest BCUT2D eigenvalue weighted by Crippen LogP contribution is -2.60. The first-order valence-electron chi connectivity index (χ1n) is 8.06. The maximum atomic E-state index is 12.8. The summed E-state index contributed by atoms with van der Waals surface area (Å²) >= 11 is 0. The van der Waals surface area contributed by atoms with Crippen LogP contribution in [0.2, 0.25) is 0 Å². The van der Waals surface area contributed by atoms with E-state index in [4.69, 9.17) is 9.47 Å². The van der Waals surface area contributed by atoms with E-state index in [1.165, 1.54) is 0 Å². The van der Waals surface area contributed by atoms with E-state index >= 15 is 0 Å². The van der Waals surface area contributed by atoms with Gasteiger partial charge in [0, 0.05) is 17.1 Å². The molecule has 4 rings (SSSR count). The van der Waals surface area contributed by atoms with Crippen LogP contribution < -0.4 is 4.74 Å². The fraction of sp³-hybridized carbons (Fsp3) is 0.526. The van der Waals surface area contributed by atoms with Crippen LogP contribution in [-0.2, 0) is 9.53 Å². The van der Waals surface area contributed by atoms with Gasteiger partial charge >= 0.3 is 0 Å². The Hall–Kier alpha value is -1.61. The molecule has 1 saturated carbocycles. The van der Waals surface area contributed by atoms with Crippen LogP contribution in [0, 0.1) is 5.92 Å². The Balaban J connectivity index is 2.06. The van der Waals surface area contributed by atoms with Crippen LogP contribution in [0.15, 0.2) is 29.8 Å². The first-order chi connectivity index (χ1) is 10.4. The van der Waals surface area contributed by atoms with Gasteiger partial charge in [-0.1, -0.05) is 18.2 Å². The van der Waals surface area contributed by atoms with Gasteiger partial charge in [-0.05, 0) is 52.7 Å². The first kappa shape index (κ1) is 15.3. The molecule has 3 nitrogen and oxygen atoms in total. The van der Waals surface area contributed by atoms with Crippen molar-refractivity contribution in [2.45, 2.75) is 51.7 Å². The largest absolute Gasteiger partial charge is 0.493 e. The van der Waals surface area contributed by atoms with Crippen molar-refractivity contribution in [2.24, 2.45) is 5.92 Å². The number of hydrogen-bond donors (Lipinski definition) is 0. The summed E-state index contributed by atoms with van der Waals surface area (Å²) < 4.78 is 11.8. The van der Waals surface area contributed by atoms with E-state index in [1.54, 1.807) is 0 Å². The summed E-state index contributed by atoms with van der Waals surface area (Å²) in [6.45, 7) is 8.68. The van der Waals surface area contributed by atoms with E-state index in [-0.39, 0.29) is 17.3 Å². The van der Waals surface area contributed by atoms with Gasteiger partial charge in [-0.15, -0.1) is 0 Å². The predicted molar refractivity (Wildman–Crippen MR) is 86.9 cm³/mol. The number of Topliss-reactive ketones (excluding diaryl/α,β-unsaturated/α-hetero) is 1. The number of ketones is 1. The molecular formula is C19H24O3. The number of ether oxygens (including phenoxy) is 2. The van der Waals surface area contributed by atoms with Gasteiger partial charge < -0.3 is 9.47 Å². The molecule has 2 atom stereocenters. The van der Waals surface area contributed by atoms with Crippen molar-refractivity contribution in [3.63, 3.8) is 0 Å². The molecule has 0 aromatic heterocycles. The van der Waals surface area contributed by atoms with Gasteiger partial charge in [0.2, 0.25) is 0 Å². The van der Waals surface area contributed by atoms with Crippen molar-refractivity contribution in [2.75, 3.05) is 6.61 Å². The fourth-order valence-electron chi connectivity index (χ4n) is 3.84. The second kappa shape index (κ2) is 5.24. The van der Waals surface area contributed by atoms with Crippen molar-refractivity contribution in [3.8, 4) is 5.75 Å². The van der Waals surface area contributed by atoms with Gasteiger partial charge in [0.25, 0.3) is 0 Å². The van der Waals surface area contributed by atoms with Gasteiger partial charge in [-0.2, -0.15) is 0 Å². The molecule has 2 heterocycles. The number of benzene rings is 1. The Bertz CT molecular complexity index is 629. The molecule has 0 amide bonds. The Labute approximate surface area is 132 Å². The zero-order valence-electron chi connectivity index (χ0n) is 13.8. The molecule has 2 saturated heterocycles. The second-order valence-electron chi connectivity index (χ2n) is 6.93. The number of fused-ring (bicyclic) bond motifs is 3. The Morgan fingerprint density at radius 2 is 2.05 bits per heavy atom. The van der Waals surface area contributed by atoms with Crippen molar-refractivity contribution >= 4 is 11.9 Å². The molecule has 1 aliphatic carbocycles. The van der Waals surface area contributed by atoms with Crippen LogP contribution in [-0.4, -0.2) is 23.6 Å². The van der Waals surface area contributed by atoms with Crippen LogP contribution >= 0.6 is 0 Å². The number of rotatable bonds is 3. The van der Waals surface area contributed by atoms with Crippen molar-refractivity contribution in [3.05, 3.63) is 35.4 Å². The molecule has 2 bridgehead atoms. The monoisotopic (exact) mass is 300 g/mol. The summed E-state index contributed by atoms with van der Waals surface area (Å²) in [5.41, 5.74) is 0.884. The molecule has 0 spiro atoms. The number of carbonyl (C=O) groups is 1. The fourth-order valence-corrected chi connectivity index (χ4v) is 3.84. The third-order valence-electron chi connectivity index (χ3n) is 4.89. The third kappa shape index (κ3) is 2.38. The average molecular weight is 300 g/mol. The lowest BCUT2D eigenvalue weighted by molar-refractivity contribution is -0.206. The van der Waals surface area contributed by atoms with Gasteiger partial charge in [0.15, 0.2) is 5.78 Å². The Morgan fingerprint density at radius 1 is 1.32 bits per heavy atom. The minimum Gasteiger partial charge on any atom is -0.493 e. The van der Waals surface area contributed by atoms with Crippen LogP contribution in [0.4, 0.5) is 0 Å². The maximum absolute atomic E-state index is 12.8. The standard InChI is InChI=1S/C19H24O3/c1-5-21-16-9-7-6-8-13(16)12-14-15-10-11-19(4,17(14)20)22-18(15,2)3/h6-9,12,15H,5,10-11H2,1-4H3/b14-12+. The third-order valence-corrected chi connectivity index (χ3v) is 4.89. The summed E-state index contributed by atoms with van der Waals surface area (Å²) in [7, 11) is 0. The molecule has 3 fully saturated rings. The summed E-state index contributed by atoms with van der Waals surface area (Å²) in [6, 6.07) is 7.88. The molecule has 1 aromatic rings. The molecule has 2 aliphatic heterocycles. The highest BCUT2D eigenvalue weighted by atomic mass is 16.5. The highest BCUT2D eigenvalue weighted by molar-refractivity contribution is 6.07.